The molecule has 0 radical (unpaired) electrons. The monoisotopic (exact) mass is 1010 g/mol. The molecule has 366 valence electrons. The topological polar surface area (TPSA) is 118 Å². The number of hydrogen-bond donors (Lipinski definition) is 0. The first kappa shape index (κ1) is 46.6. The van der Waals surface area contributed by atoms with Gasteiger partial charge in [0.05, 0.1) is 68.3 Å². The van der Waals surface area contributed by atoms with E-state index in [2.05, 4.69) is 119 Å². The van der Waals surface area contributed by atoms with Crippen LogP contribution in [0.25, 0.3) is 73.8 Å². The van der Waals surface area contributed by atoms with Crippen LogP contribution in [0.1, 0.15) is 12.6 Å². The lowest BCUT2D eigenvalue weighted by atomic mass is 9.96. The molecule has 7 heterocycles. The minimum Gasteiger partial charge on any atom is -0.453 e. The van der Waals surface area contributed by atoms with Crippen LogP contribution in [-0.4, -0.2) is 41.6 Å². The number of rotatable bonds is 11. The van der Waals surface area contributed by atoms with Crippen LogP contribution in [0.15, 0.2) is 252 Å². The summed E-state index contributed by atoms with van der Waals surface area (Å²) in [5.74, 6) is 2.40. The van der Waals surface area contributed by atoms with Crippen molar-refractivity contribution in [3.8, 4) is 79.6 Å². The van der Waals surface area contributed by atoms with Gasteiger partial charge in [-0.1, -0.05) is 90.6 Å². The van der Waals surface area contributed by atoms with Gasteiger partial charge in [0, 0.05) is 50.9 Å². The van der Waals surface area contributed by atoms with E-state index in [1.807, 2.05) is 128 Å². The van der Waals surface area contributed by atoms with Gasteiger partial charge >= 0.3 is 0 Å². The van der Waals surface area contributed by atoms with Crippen molar-refractivity contribution in [1.82, 2.24) is 34.9 Å². The smallest absolute Gasteiger partial charge is 0.160 e. The number of para-hydroxylation sites is 6. The number of nitrogens with zero attached hydrogens (tertiary/aromatic N) is 10. The van der Waals surface area contributed by atoms with E-state index in [1.54, 1.807) is 30.4 Å². The van der Waals surface area contributed by atoms with Crippen molar-refractivity contribution in [2.75, 3.05) is 9.80 Å². The predicted molar refractivity (Wildman–Crippen MR) is 310 cm³/mol. The standard InChI is InChI=1S/C65H44N10OS/c1-3-4-19-48(66-2)52-40-53(49-20-13-16-31-67-49)71-64(70-52)44-34-42(35-45(36-44)65-72-54(50-21-14-17-32-68-50)41-55(73-65)51-22-15-18-33-69-51)43-37-46(74-56-23-5-9-27-60(56)76-61-28-10-6-24-57(61)74)39-47(38-43)75-58-25-7-11-29-62(58)77-63-30-12-8-26-59(63)75/h3-41H,2H2,1H3/b4-3-,48-19-. The molecular weight excluding hydrogens is 969 g/mol. The summed E-state index contributed by atoms with van der Waals surface area (Å²) >= 11 is 1.77. The highest BCUT2D eigenvalue weighted by Crippen LogP contribution is 2.55. The van der Waals surface area contributed by atoms with E-state index in [-0.39, 0.29) is 0 Å². The molecule has 12 heteroatoms. The van der Waals surface area contributed by atoms with Gasteiger partial charge in [0.25, 0.3) is 0 Å². The Balaban J connectivity index is 1.11. The highest BCUT2D eigenvalue weighted by molar-refractivity contribution is 7.99. The molecule has 0 N–H and O–H groups in total. The highest BCUT2D eigenvalue weighted by Gasteiger charge is 2.30. The van der Waals surface area contributed by atoms with Gasteiger partial charge in [0.2, 0.25) is 0 Å². The summed E-state index contributed by atoms with van der Waals surface area (Å²) in [6.45, 7) is 5.90. The normalized spacial score (nSPS) is 12.6. The zero-order chi connectivity index (χ0) is 51.7. The third-order valence-electron chi connectivity index (χ3n) is 13.2. The van der Waals surface area contributed by atoms with Crippen molar-refractivity contribution in [1.29, 1.82) is 0 Å². The summed E-state index contributed by atoms with van der Waals surface area (Å²) < 4.78 is 6.58. The van der Waals surface area contributed by atoms with Gasteiger partial charge in [0.15, 0.2) is 23.1 Å². The molecule has 0 saturated heterocycles. The molecule has 0 atom stereocenters. The molecule has 2 aliphatic rings. The van der Waals surface area contributed by atoms with Gasteiger partial charge in [-0.15, -0.1) is 0 Å². The van der Waals surface area contributed by atoms with Crippen LogP contribution in [-0.2, 0) is 0 Å². The Morgan fingerprint density at radius 3 is 1.40 bits per heavy atom. The third-order valence-corrected chi connectivity index (χ3v) is 14.3. The van der Waals surface area contributed by atoms with Crippen LogP contribution >= 0.6 is 11.8 Å². The van der Waals surface area contributed by atoms with E-state index >= 15 is 0 Å². The highest BCUT2D eigenvalue weighted by atomic mass is 32.2. The zero-order valence-electron chi connectivity index (χ0n) is 41.5. The molecule has 6 aromatic carbocycles. The summed E-state index contributed by atoms with van der Waals surface area (Å²) in [5, 5.41) is 0. The molecule has 2 aliphatic heterocycles. The summed E-state index contributed by atoms with van der Waals surface area (Å²) in [5.41, 5.74) is 14.1. The molecule has 0 aliphatic carbocycles. The number of pyridine rings is 3. The maximum Gasteiger partial charge on any atom is 0.160 e. The van der Waals surface area contributed by atoms with E-state index in [0.29, 0.717) is 68.3 Å². The van der Waals surface area contributed by atoms with Gasteiger partial charge in [-0.2, -0.15) is 0 Å². The molecule has 13 rings (SSSR count). The number of hydrogen-bond acceptors (Lipinski definition) is 12. The van der Waals surface area contributed by atoms with E-state index < -0.39 is 0 Å². The number of aromatic nitrogens is 7. The van der Waals surface area contributed by atoms with Crippen molar-refractivity contribution in [2.24, 2.45) is 4.99 Å². The lowest BCUT2D eigenvalue weighted by molar-refractivity contribution is 0.477. The number of benzene rings is 6. The molecule has 77 heavy (non-hydrogen) atoms. The number of anilines is 6. The Bertz CT molecular complexity index is 3850. The molecule has 11 aromatic rings. The second-order valence-electron chi connectivity index (χ2n) is 18.1. The number of allylic oxidation sites excluding steroid dienone is 3. The van der Waals surface area contributed by atoms with Crippen LogP contribution in [0.3, 0.4) is 0 Å². The number of ether oxygens (including phenoxy) is 1. The molecule has 0 fully saturated rings. The fourth-order valence-corrected chi connectivity index (χ4v) is 10.7. The van der Waals surface area contributed by atoms with Crippen LogP contribution < -0.4 is 14.5 Å². The maximum atomic E-state index is 6.58. The summed E-state index contributed by atoms with van der Waals surface area (Å²) in [6.07, 6.45) is 11.1. The van der Waals surface area contributed by atoms with Crippen LogP contribution in [0.4, 0.5) is 34.1 Å². The largest absolute Gasteiger partial charge is 0.453 e. The van der Waals surface area contributed by atoms with Crippen molar-refractivity contribution in [2.45, 2.75) is 16.7 Å². The first-order chi connectivity index (χ1) is 38.0. The van der Waals surface area contributed by atoms with Crippen LogP contribution in [0.2, 0.25) is 0 Å². The van der Waals surface area contributed by atoms with E-state index in [1.165, 1.54) is 0 Å². The van der Waals surface area contributed by atoms with Crippen LogP contribution in [0.5, 0.6) is 11.5 Å². The molecular formula is C65H44N10OS. The van der Waals surface area contributed by atoms with Crippen molar-refractivity contribution in [3.05, 3.63) is 243 Å². The van der Waals surface area contributed by atoms with Gasteiger partial charge in [0.1, 0.15) is 0 Å². The third kappa shape index (κ3) is 9.08. The molecule has 0 unspecified atom stereocenters. The van der Waals surface area contributed by atoms with Crippen LogP contribution in [0, 0.1) is 0 Å². The fraction of sp³-hybridized carbons (Fsp3) is 0.0154. The minimum atomic E-state index is 0.440. The first-order valence-corrected chi connectivity index (χ1v) is 25.8. The van der Waals surface area contributed by atoms with Gasteiger partial charge in [-0.25, -0.2) is 19.9 Å². The minimum absolute atomic E-state index is 0.440. The summed E-state index contributed by atoms with van der Waals surface area (Å²) in [6, 6.07) is 67.8. The van der Waals surface area contributed by atoms with Crippen molar-refractivity contribution in [3.63, 3.8) is 0 Å². The predicted octanol–water partition coefficient (Wildman–Crippen LogP) is 16.6. The van der Waals surface area contributed by atoms with Crippen molar-refractivity contribution >= 4 is 58.3 Å². The molecule has 5 aromatic heterocycles. The molecule has 0 saturated carbocycles. The SMILES string of the molecule is C=N/C(=C\C=C/C)c1cc(-c2ccccn2)nc(-c2cc(-c3cc(N4c5ccccc5Oc5ccccc54)cc(N4c5ccccc5Sc5ccccc54)c3)cc(-c3nc(-c4ccccn4)cc(-c4ccccn4)n3)c2)n1. The second kappa shape index (κ2) is 20.3. The molecule has 0 spiro atoms. The number of fused-ring (bicyclic) bond motifs is 4. The van der Waals surface area contributed by atoms with E-state index in [4.69, 9.17) is 39.6 Å². The number of aliphatic imine (C=N–C) groups is 1. The van der Waals surface area contributed by atoms with E-state index in [0.717, 1.165) is 66.5 Å². The van der Waals surface area contributed by atoms with E-state index in [9.17, 15) is 0 Å². The Morgan fingerprint density at radius 2 is 0.896 bits per heavy atom. The lowest BCUT2D eigenvalue weighted by Crippen LogP contribution is -2.18. The quantitative estimate of drug-likeness (QED) is 0.0910. The van der Waals surface area contributed by atoms with Crippen molar-refractivity contribution < 1.29 is 4.74 Å². The fourth-order valence-electron chi connectivity index (χ4n) is 9.66. The van der Waals surface area contributed by atoms with Gasteiger partial charge < -0.3 is 14.5 Å². The second-order valence-corrected chi connectivity index (χ2v) is 19.2. The Labute approximate surface area is 449 Å². The summed E-state index contributed by atoms with van der Waals surface area (Å²) in [4.78, 5) is 46.7. The Hall–Kier alpha value is -10.2. The average Bonchev–Trinajstić information content (AvgIpc) is 3.56. The average molecular weight is 1010 g/mol. The van der Waals surface area contributed by atoms with Gasteiger partial charge in [-0.3, -0.25) is 19.9 Å². The lowest BCUT2D eigenvalue weighted by Gasteiger charge is -2.36. The molecule has 0 amide bonds. The Morgan fingerprint density at radius 1 is 0.455 bits per heavy atom. The van der Waals surface area contributed by atoms with Gasteiger partial charge in [-0.05, 0) is 164 Å². The molecule has 0 bridgehead atoms. The Kier molecular flexibility index (Phi) is 12.3. The first-order valence-electron chi connectivity index (χ1n) is 25.0. The zero-order valence-corrected chi connectivity index (χ0v) is 42.3. The summed E-state index contributed by atoms with van der Waals surface area (Å²) in [7, 11) is 0. The molecule has 11 nitrogen and oxygen atoms in total. The maximum absolute atomic E-state index is 6.58.